The van der Waals surface area contributed by atoms with Crippen molar-refractivity contribution in [3.63, 3.8) is 0 Å². The normalized spacial score (nSPS) is 15.2. The van der Waals surface area contributed by atoms with Gasteiger partial charge in [0, 0.05) is 62.5 Å². The summed E-state index contributed by atoms with van der Waals surface area (Å²) in [7, 11) is 3.78. The highest BCUT2D eigenvalue weighted by atomic mass is 32.1. The molecule has 5 rings (SSSR count). The van der Waals surface area contributed by atoms with E-state index in [2.05, 4.69) is 26.6 Å². The van der Waals surface area contributed by atoms with Crippen molar-refractivity contribution in [2.24, 2.45) is 0 Å². The molecule has 1 N–H and O–H groups in total. The van der Waals surface area contributed by atoms with E-state index in [-0.39, 0.29) is 11.7 Å². The van der Waals surface area contributed by atoms with Crippen molar-refractivity contribution >= 4 is 38.2 Å². The Labute approximate surface area is 203 Å². The van der Waals surface area contributed by atoms with Gasteiger partial charge in [0.25, 0.3) is 5.91 Å². The zero-order valence-electron chi connectivity index (χ0n) is 19.6. The summed E-state index contributed by atoms with van der Waals surface area (Å²) in [6.07, 6.45) is 3.49. The molecule has 0 bridgehead atoms. The van der Waals surface area contributed by atoms with Crippen LogP contribution in [0.25, 0.3) is 26.4 Å². The molecule has 0 atom stereocenters. The molecule has 1 fully saturated rings. The van der Waals surface area contributed by atoms with E-state index in [4.69, 9.17) is 4.98 Å². The van der Waals surface area contributed by atoms with Gasteiger partial charge in [0.2, 0.25) is 0 Å². The van der Waals surface area contributed by atoms with E-state index >= 15 is 0 Å². The standard InChI is InChI=1S/C26H29N5O2S/c1-27-25(33)19-7-5-18(6-8-19)21-17-31-22-10-9-20(16-24(22)34-26(31)28-21)23(32)4-3-11-30-14-12-29(2)13-15-30/h5-10,16-17H,3-4,11-15H2,1-2H3,(H,27,33). The number of nitrogens with one attached hydrogen (secondary N) is 1. The van der Waals surface area contributed by atoms with Crippen LogP contribution in [0.3, 0.4) is 0 Å². The van der Waals surface area contributed by atoms with E-state index in [1.807, 2.05) is 36.5 Å². The van der Waals surface area contributed by atoms with Gasteiger partial charge in [-0.15, -0.1) is 0 Å². The Balaban J connectivity index is 1.27. The first-order chi connectivity index (χ1) is 16.5. The molecule has 0 unspecified atom stereocenters. The molecular formula is C26H29N5O2S. The predicted octanol–water partition coefficient (Wildman–Crippen LogP) is 3.79. The van der Waals surface area contributed by atoms with Gasteiger partial charge in [-0.25, -0.2) is 4.98 Å². The molecule has 8 heteroatoms. The Morgan fingerprint density at radius 3 is 2.50 bits per heavy atom. The molecule has 0 aliphatic carbocycles. The number of hydrogen-bond acceptors (Lipinski definition) is 6. The third-order valence-electron chi connectivity index (χ3n) is 6.56. The number of Topliss-reactive ketones (excluding diaryl/α,β-unsaturated/α-hetero) is 1. The smallest absolute Gasteiger partial charge is 0.251 e. The van der Waals surface area contributed by atoms with Crippen LogP contribution in [0.1, 0.15) is 33.6 Å². The van der Waals surface area contributed by atoms with Crippen molar-refractivity contribution in [3.8, 4) is 11.3 Å². The molecule has 2 aromatic carbocycles. The van der Waals surface area contributed by atoms with Crippen molar-refractivity contribution in [3.05, 3.63) is 59.8 Å². The lowest BCUT2D eigenvalue weighted by atomic mass is 10.1. The molecule has 1 aliphatic heterocycles. The van der Waals surface area contributed by atoms with Crippen LogP contribution in [0, 0.1) is 0 Å². The lowest BCUT2D eigenvalue weighted by molar-refractivity contribution is 0.0957. The lowest BCUT2D eigenvalue weighted by Gasteiger charge is -2.32. The molecule has 34 heavy (non-hydrogen) atoms. The largest absolute Gasteiger partial charge is 0.355 e. The summed E-state index contributed by atoms with van der Waals surface area (Å²) in [5, 5.41) is 2.63. The first kappa shape index (κ1) is 22.7. The van der Waals surface area contributed by atoms with Gasteiger partial charge in [0.1, 0.15) is 0 Å². The van der Waals surface area contributed by atoms with Gasteiger partial charge in [0.05, 0.1) is 15.9 Å². The number of rotatable bonds is 7. The molecule has 0 spiro atoms. The zero-order valence-corrected chi connectivity index (χ0v) is 20.4. The predicted molar refractivity (Wildman–Crippen MR) is 137 cm³/mol. The van der Waals surface area contributed by atoms with Crippen molar-refractivity contribution in [1.29, 1.82) is 0 Å². The zero-order chi connectivity index (χ0) is 23.7. The van der Waals surface area contributed by atoms with Gasteiger partial charge in [-0.05, 0) is 50.3 Å². The number of likely N-dealkylation sites (N-methyl/N-ethyl adjacent to an activating group) is 1. The third kappa shape index (κ3) is 4.61. The number of fused-ring (bicyclic) bond motifs is 3. The van der Waals surface area contributed by atoms with E-state index in [0.717, 1.165) is 71.1 Å². The molecule has 0 radical (unpaired) electrons. The van der Waals surface area contributed by atoms with Crippen LogP contribution in [-0.4, -0.2) is 77.7 Å². The molecule has 176 valence electrons. The van der Waals surface area contributed by atoms with Gasteiger partial charge in [-0.2, -0.15) is 0 Å². The number of carbonyl (C=O) groups is 2. The topological polar surface area (TPSA) is 70.0 Å². The monoisotopic (exact) mass is 475 g/mol. The average Bonchev–Trinajstić information content (AvgIpc) is 3.42. The van der Waals surface area contributed by atoms with E-state index in [1.54, 1.807) is 30.5 Å². The quantitative estimate of drug-likeness (QED) is 0.412. The number of hydrogen-bond donors (Lipinski definition) is 1. The molecular weight excluding hydrogens is 446 g/mol. The molecule has 0 saturated carbocycles. The number of thiazole rings is 1. The van der Waals surface area contributed by atoms with Crippen molar-refractivity contribution in [1.82, 2.24) is 24.5 Å². The minimum Gasteiger partial charge on any atom is -0.355 e. The van der Waals surface area contributed by atoms with Gasteiger partial charge >= 0.3 is 0 Å². The average molecular weight is 476 g/mol. The lowest BCUT2D eigenvalue weighted by Crippen LogP contribution is -2.44. The number of aromatic nitrogens is 2. The maximum atomic E-state index is 12.8. The number of amides is 1. The summed E-state index contributed by atoms with van der Waals surface area (Å²) in [4.78, 5) is 35.0. The van der Waals surface area contributed by atoms with Crippen LogP contribution < -0.4 is 5.32 Å². The Morgan fingerprint density at radius 1 is 1.03 bits per heavy atom. The summed E-state index contributed by atoms with van der Waals surface area (Å²) in [6.45, 7) is 5.38. The molecule has 7 nitrogen and oxygen atoms in total. The molecule has 3 heterocycles. The van der Waals surface area contributed by atoms with Gasteiger partial charge in [-0.1, -0.05) is 23.5 Å². The summed E-state index contributed by atoms with van der Waals surface area (Å²) in [5.41, 5.74) is 4.28. The van der Waals surface area contributed by atoms with Crippen molar-refractivity contribution < 1.29 is 9.59 Å². The van der Waals surface area contributed by atoms with Crippen LogP contribution in [-0.2, 0) is 0 Å². The van der Waals surface area contributed by atoms with Crippen LogP contribution in [0.2, 0.25) is 0 Å². The SMILES string of the molecule is CNC(=O)c1ccc(-c2cn3c(n2)sc2cc(C(=O)CCCN4CCN(C)CC4)ccc23)cc1. The second kappa shape index (κ2) is 9.66. The summed E-state index contributed by atoms with van der Waals surface area (Å²) in [6, 6.07) is 13.4. The third-order valence-corrected chi connectivity index (χ3v) is 7.58. The Bertz CT molecular complexity index is 1330. The highest BCUT2D eigenvalue weighted by Gasteiger charge is 2.16. The minimum atomic E-state index is -0.104. The summed E-state index contributed by atoms with van der Waals surface area (Å²) >= 11 is 1.59. The first-order valence-electron chi connectivity index (χ1n) is 11.7. The first-order valence-corrected chi connectivity index (χ1v) is 12.5. The van der Waals surface area contributed by atoms with Gasteiger partial charge < -0.3 is 15.1 Å². The van der Waals surface area contributed by atoms with Gasteiger partial charge in [0.15, 0.2) is 10.7 Å². The molecule has 1 amide bonds. The van der Waals surface area contributed by atoms with Crippen LogP contribution in [0.5, 0.6) is 0 Å². The fourth-order valence-corrected chi connectivity index (χ4v) is 5.48. The van der Waals surface area contributed by atoms with E-state index in [0.29, 0.717) is 12.0 Å². The maximum absolute atomic E-state index is 12.8. The fraction of sp³-hybridized carbons (Fsp3) is 0.346. The highest BCUT2D eigenvalue weighted by Crippen LogP contribution is 2.30. The molecule has 1 saturated heterocycles. The number of ketones is 1. The Morgan fingerprint density at radius 2 is 1.76 bits per heavy atom. The molecule has 4 aromatic rings. The van der Waals surface area contributed by atoms with Crippen molar-refractivity contribution in [2.45, 2.75) is 12.8 Å². The molecule has 1 aliphatic rings. The van der Waals surface area contributed by atoms with Crippen LogP contribution >= 0.6 is 11.3 Å². The number of nitrogens with zero attached hydrogens (tertiary/aromatic N) is 4. The van der Waals surface area contributed by atoms with E-state index in [1.165, 1.54) is 0 Å². The number of imidazole rings is 1. The highest BCUT2D eigenvalue weighted by molar-refractivity contribution is 7.23. The minimum absolute atomic E-state index is 0.104. The second-order valence-corrected chi connectivity index (χ2v) is 9.90. The van der Waals surface area contributed by atoms with Gasteiger partial charge in [-0.3, -0.25) is 14.0 Å². The Kier molecular flexibility index (Phi) is 6.45. The second-order valence-electron chi connectivity index (χ2n) is 8.89. The van der Waals surface area contributed by atoms with E-state index in [9.17, 15) is 9.59 Å². The number of piperazine rings is 1. The maximum Gasteiger partial charge on any atom is 0.251 e. The fourth-order valence-electron chi connectivity index (χ4n) is 4.43. The summed E-state index contributed by atoms with van der Waals surface area (Å²) < 4.78 is 3.14. The summed E-state index contributed by atoms with van der Waals surface area (Å²) in [5.74, 6) is 0.104. The molecule has 2 aromatic heterocycles. The van der Waals surface area contributed by atoms with Crippen molar-refractivity contribution in [2.75, 3.05) is 46.8 Å². The number of carbonyl (C=O) groups excluding carboxylic acids is 2. The Hall–Kier alpha value is -3.07. The van der Waals surface area contributed by atoms with Crippen LogP contribution in [0.4, 0.5) is 0 Å². The van der Waals surface area contributed by atoms with Crippen LogP contribution in [0.15, 0.2) is 48.7 Å². The number of benzene rings is 2. The van der Waals surface area contributed by atoms with E-state index < -0.39 is 0 Å².